The molecule has 0 saturated carbocycles. The van der Waals surface area contributed by atoms with E-state index in [0.717, 1.165) is 0 Å². The highest BCUT2D eigenvalue weighted by Crippen LogP contribution is 2.44. The standard InChI is InChI=1S/C23H15Cl3N2O4/c1-32-22-15(10-13(25)11-16(22)26)20(29)18-19(17-4-2-3-9-27-17)28(23(31)21(18)30)14-7-5-12(24)6-8-14/h2-11,19,29H,1H3/b20-18+. The molecule has 1 saturated heterocycles. The first kappa shape index (κ1) is 22.1. The van der Waals surface area contributed by atoms with Crippen LogP contribution in [-0.4, -0.2) is 28.9 Å². The predicted octanol–water partition coefficient (Wildman–Crippen LogP) is 5.68. The molecule has 0 spiro atoms. The monoisotopic (exact) mass is 488 g/mol. The summed E-state index contributed by atoms with van der Waals surface area (Å²) in [4.78, 5) is 31.8. The highest BCUT2D eigenvalue weighted by Gasteiger charge is 2.48. The lowest BCUT2D eigenvalue weighted by molar-refractivity contribution is -0.132. The van der Waals surface area contributed by atoms with Gasteiger partial charge in [0.25, 0.3) is 11.7 Å². The van der Waals surface area contributed by atoms with E-state index in [4.69, 9.17) is 39.5 Å². The zero-order chi connectivity index (χ0) is 23.0. The maximum atomic E-state index is 13.2. The fourth-order valence-electron chi connectivity index (χ4n) is 3.61. The number of benzene rings is 2. The number of aromatic nitrogens is 1. The molecule has 1 aliphatic heterocycles. The van der Waals surface area contributed by atoms with Gasteiger partial charge in [0.05, 0.1) is 29.0 Å². The fourth-order valence-corrected chi connectivity index (χ4v) is 4.30. The number of ketones is 1. The van der Waals surface area contributed by atoms with Crippen LogP contribution in [0.1, 0.15) is 17.3 Å². The zero-order valence-electron chi connectivity index (χ0n) is 16.6. The van der Waals surface area contributed by atoms with Crippen molar-refractivity contribution >= 4 is 57.9 Å². The van der Waals surface area contributed by atoms with Gasteiger partial charge in [-0.25, -0.2) is 0 Å². The molecule has 4 rings (SSSR count). The molecule has 0 aliphatic carbocycles. The lowest BCUT2D eigenvalue weighted by Gasteiger charge is -2.24. The van der Waals surface area contributed by atoms with Gasteiger partial charge in [-0.1, -0.05) is 40.9 Å². The molecule has 1 atom stereocenters. The molecule has 9 heteroatoms. The van der Waals surface area contributed by atoms with E-state index >= 15 is 0 Å². The number of rotatable bonds is 4. The van der Waals surface area contributed by atoms with Gasteiger partial charge in [0.2, 0.25) is 0 Å². The molecule has 32 heavy (non-hydrogen) atoms. The molecule has 0 radical (unpaired) electrons. The Labute approximate surface area is 198 Å². The van der Waals surface area contributed by atoms with Crippen molar-refractivity contribution in [3.63, 3.8) is 0 Å². The number of hydrogen-bond donors (Lipinski definition) is 1. The van der Waals surface area contributed by atoms with Crippen LogP contribution in [0.15, 0.2) is 66.4 Å². The molecule has 3 aromatic rings. The van der Waals surface area contributed by atoms with Crippen LogP contribution in [0.25, 0.3) is 5.76 Å². The van der Waals surface area contributed by atoms with Gasteiger partial charge in [0.1, 0.15) is 17.6 Å². The summed E-state index contributed by atoms with van der Waals surface area (Å²) in [5.41, 5.74) is 0.720. The van der Waals surface area contributed by atoms with E-state index in [0.29, 0.717) is 16.4 Å². The van der Waals surface area contributed by atoms with Gasteiger partial charge < -0.3 is 9.84 Å². The molecular weight excluding hydrogens is 475 g/mol. The summed E-state index contributed by atoms with van der Waals surface area (Å²) in [7, 11) is 1.37. The minimum atomic E-state index is -1.00. The van der Waals surface area contributed by atoms with Gasteiger partial charge in [-0.05, 0) is 48.5 Å². The first-order valence-corrected chi connectivity index (χ1v) is 10.5. The number of pyridine rings is 1. The van der Waals surface area contributed by atoms with Crippen molar-refractivity contribution < 1.29 is 19.4 Å². The summed E-state index contributed by atoms with van der Waals surface area (Å²) in [6.45, 7) is 0. The van der Waals surface area contributed by atoms with Gasteiger partial charge in [0.15, 0.2) is 0 Å². The van der Waals surface area contributed by atoms with E-state index in [1.807, 2.05) is 0 Å². The molecule has 1 N–H and O–H groups in total. The van der Waals surface area contributed by atoms with Gasteiger partial charge in [-0.2, -0.15) is 0 Å². The number of anilines is 1. The summed E-state index contributed by atoms with van der Waals surface area (Å²) in [5, 5.41) is 12.1. The number of hydrogen-bond acceptors (Lipinski definition) is 5. The first-order chi connectivity index (χ1) is 15.3. The van der Waals surface area contributed by atoms with E-state index in [1.54, 1.807) is 42.5 Å². The van der Waals surface area contributed by atoms with E-state index in [9.17, 15) is 14.7 Å². The average molecular weight is 490 g/mol. The number of Topliss-reactive ketones (excluding diaryl/α,β-unsaturated/α-hetero) is 1. The average Bonchev–Trinajstić information content (AvgIpc) is 3.04. The number of carbonyl (C=O) groups is 2. The van der Waals surface area contributed by atoms with Crippen molar-refractivity contribution in [1.82, 2.24) is 4.98 Å². The Kier molecular flexibility index (Phi) is 6.11. The number of methoxy groups -OCH3 is 1. The van der Waals surface area contributed by atoms with Crippen LogP contribution in [0, 0.1) is 0 Å². The highest BCUT2D eigenvalue weighted by molar-refractivity contribution is 6.52. The lowest BCUT2D eigenvalue weighted by atomic mass is 9.97. The van der Waals surface area contributed by atoms with Crippen molar-refractivity contribution in [3.05, 3.63) is 92.7 Å². The summed E-state index contributed by atoms with van der Waals surface area (Å²) in [5.74, 6) is -2.06. The van der Waals surface area contributed by atoms with Crippen LogP contribution < -0.4 is 9.64 Å². The zero-order valence-corrected chi connectivity index (χ0v) is 18.8. The van der Waals surface area contributed by atoms with Crippen molar-refractivity contribution in [1.29, 1.82) is 0 Å². The molecule has 1 aromatic heterocycles. The minimum Gasteiger partial charge on any atom is -0.507 e. The van der Waals surface area contributed by atoms with Crippen LogP contribution >= 0.6 is 34.8 Å². The van der Waals surface area contributed by atoms with Gasteiger partial charge in [-0.15, -0.1) is 0 Å². The summed E-state index contributed by atoms with van der Waals surface area (Å²) < 4.78 is 5.31. The molecule has 6 nitrogen and oxygen atoms in total. The van der Waals surface area contributed by atoms with Gasteiger partial charge >= 0.3 is 0 Å². The number of nitrogens with zero attached hydrogens (tertiary/aromatic N) is 2. The van der Waals surface area contributed by atoms with Gasteiger partial charge in [0, 0.05) is 21.9 Å². The largest absolute Gasteiger partial charge is 0.507 e. The third kappa shape index (κ3) is 3.81. The number of carbonyl (C=O) groups excluding carboxylic acids is 2. The van der Waals surface area contributed by atoms with Crippen molar-refractivity contribution in [3.8, 4) is 5.75 Å². The Morgan fingerprint density at radius 2 is 1.75 bits per heavy atom. The first-order valence-electron chi connectivity index (χ1n) is 9.34. The molecule has 162 valence electrons. The smallest absolute Gasteiger partial charge is 0.300 e. The van der Waals surface area contributed by atoms with E-state index in [2.05, 4.69) is 4.98 Å². The van der Waals surface area contributed by atoms with E-state index in [-0.39, 0.29) is 26.9 Å². The van der Waals surface area contributed by atoms with Crippen LogP contribution in [0.4, 0.5) is 5.69 Å². The number of ether oxygens (including phenoxy) is 1. The second-order valence-corrected chi connectivity index (χ2v) is 8.15. The third-order valence-corrected chi connectivity index (χ3v) is 5.74. The van der Waals surface area contributed by atoms with Gasteiger partial charge in [-0.3, -0.25) is 19.5 Å². The van der Waals surface area contributed by atoms with Crippen molar-refractivity contribution in [2.24, 2.45) is 0 Å². The normalized spacial score (nSPS) is 17.6. The summed E-state index contributed by atoms with van der Waals surface area (Å²) in [6, 6.07) is 13.4. The Balaban J connectivity index is 1.99. The second-order valence-electron chi connectivity index (χ2n) is 6.87. The lowest BCUT2D eigenvalue weighted by Crippen LogP contribution is -2.29. The molecule has 0 bridgehead atoms. The minimum absolute atomic E-state index is 0.0834. The summed E-state index contributed by atoms with van der Waals surface area (Å²) in [6.07, 6.45) is 1.54. The Morgan fingerprint density at radius 1 is 1.03 bits per heavy atom. The maximum Gasteiger partial charge on any atom is 0.300 e. The fraction of sp³-hybridized carbons (Fsp3) is 0.0870. The maximum absolute atomic E-state index is 13.2. The molecule has 2 aromatic carbocycles. The summed E-state index contributed by atoms with van der Waals surface area (Å²) >= 11 is 18.3. The number of aliphatic hydroxyl groups excluding tert-OH is 1. The number of amides is 1. The SMILES string of the molecule is COc1c(Cl)cc(Cl)cc1/C(O)=C1\C(=O)C(=O)N(c2ccc(Cl)cc2)C1c1ccccn1. The van der Waals surface area contributed by atoms with Crippen molar-refractivity contribution in [2.75, 3.05) is 12.0 Å². The second kappa shape index (κ2) is 8.82. The van der Waals surface area contributed by atoms with Crippen molar-refractivity contribution in [2.45, 2.75) is 6.04 Å². The quantitative estimate of drug-likeness (QED) is 0.290. The predicted molar refractivity (Wildman–Crippen MR) is 123 cm³/mol. The Bertz CT molecular complexity index is 1240. The molecule has 2 heterocycles. The Hall–Kier alpha value is -3.06. The van der Waals surface area contributed by atoms with Crippen LogP contribution in [0.3, 0.4) is 0 Å². The van der Waals surface area contributed by atoms with Crippen LogP contribution in [0.2, 0.25) is 15.1 Å². The molecule has 1 fully saturated rings. The molecular formula is C23H15Cl3N2O4. The number of aliphatic hydroxyl groups is 1. The Morgan fingerprint density at radius 3 is 2.38 bits per heavy atom. The third-order valence-electron chi connectivity index (χ3n) is 4.98. The van der Waals surface area contributed by atoms with Crippen LogP contribution in [-0.2, 0) is 9.59 Å². The topological polar surface area (TPSA) is 79.7 Å². The van der Waals surface area contributed by atoms with Crippen LogP contribution in [0.5, 0.6) is 5.75 Å². The highest BCUT2D eigenvalue weighted by atomic mass is 35.5. The number of halogens is 3. The molecule has 1 amide bonds. The van der Waals surface area contributed by atoms with E-state index in [1.165, 1.54) is 30.3 Å². The molecule has 1 unspecified atom stereocenters. The molecule has 1 aliphatic rings. The van der Waals surface area contributed by atoms with E-state index < -0.39 is 23.5 Å².